The molecule has 0 saturated carbocycles. The van der Waals surface area contributed by atoms with Crippen LogP contribution in [0.3, 0.4) is 0 Å². The van der Waals surface area contributed by atoms with E-state index < -0.39 is 0 Å². The number of halogens is 1. The van der Waals surface area contributed by atoms with Crippen LogP contribution in [0, 0.1) is 6.92 Å². The van der Waals surface area contributed by atoms with Crippen LogP contribution in [0.15, 0.2) is 53.3 Å². The van der Waals surface area contributed by atoms with Crippen LogP contribution in [0.2, 0.25) is 5.02 Å². The zero-order chi connectivity index (χ0) is 18.8. The van der Waals surface area contributed by atoms with E-state index in [-0.39, 0.29) is 5.69 Å². The number of rotatable bonds is 4. The molecule has 8 heteroatoms. The Morgan fingerprint density at radius 3 is 2.48 bits per heavy atom. The molecule has 0 unspecified atom stereocenters. The van der Waals surface area contributed by atoms with Gasteiger partial charge in [0.1, 0.15) is 6.67 Å². The van der Waals surface area contributed by atoms with E-state index in [9.17, 15) is 4.79 Å². The number of hydrogen-bond acceptors (Lipinski definition) is 5. The maximum Gasteiger partial charge on any atom is 0.369 e. The van der Waals surface area contributed by atoms with Gasteiger partial charge < -0.3 is 4.90 Å². The Morgan fingerprint density at radius 2 is 1.74 bits per heavy atom. The second-order valence-corrected chi connectivity index (χ2v) is 7.12. The molecule has 3 aromatic rings. The van der Waals surface area contributed by atoms with Gasteiger partial charge in [0.15, 0.2) is 0 Å². The van der Waals surface area contributed by atoms with Crippen molar-refractivity contribution in [2.75, 3.05) is 31.1 Å². The lowest BCUT2D eigenvalue weighted by Crippen LogP contribution is -2.48. The number of hydrogen-bond donors (Lipinski definition) is 0. The molecule has 1 aromatic heterocycles. The van der Waals surface area contributed by atoms with Gasteiger partial charge in [-0.05, 0) is 47.2 Å². The number of tetrazole rings is 1. The first-order chi connectivity index (χ1) is 13.1. The van der Waals surface area contributed by atoms with Gasteiger partial charge in [-0.25, -0.2) is 4.79 Å². The van der Waals surface area contributed by atoms with Gasteiger partial charge in [0.2, 0.25) is 0 Å². The van der Waals surface area contributed by atoms with Crippen molar-refractivity contribution in [3.8, 4) is 5.69 Å². The Labute approximate surface area is 162 Å². The minimum Gasteiger partial charge on any atom is -0.369 e. The molecule has 1 aliphatic rings. The van der Waals surface area contributed by atoms with Crippen molar-refractivity contribution in [1.82, 2.24) is 24.7 Å². The average molecular weight is 385 g/mol. The summed E-state index contributed by atoms with van der Waals surface area (Å²) in [5.74, 6) is 0. The molecule has 0 atom stereocenters. The van der Waals surface area contributed by atoms with Crippen molar-refractivity contribution in [2.24, 2.45) is 0 Å². The van der Waals surface area contributed by atoms with Gasteiger partial charge in [-0.2, -0.15) is 9.36 Å². The minimum atomic E-state index is -0.227. The van der Waals surface area contributed by atoms with Gasteiger partial charge in [-0.1, -0.05) is 35.9 Å². The summed E-state index contributed by atoms with van der Waals surface area (Å²) in [5, 5.41) is 8.79. The lowest BCUT2D eigenvalue weighted by Gasteiger charge is -2.36. The predicted molar refractivity (Wildman–Crippen MR) is 106 cm³/mol. The first-order valence-electron chi connectivity index (χ1n) is 8.93. The second kappa shape index (κ2) is 7.54. The number of aryl methyl sites for hydroxylation is 1. The molecule has 140 valence electrons. The number of piperazine rings is 1. The minimum absolute atomic E-state index is 0.227. The third-order valence-corrected chi connectivity index (χ3v) is 5.09. The third kappa shape index (κ3) is 3.74. The zero-order valence-corrected chi connectivity index (χ0v) is 15.9. The van der Waals surface area contributed by atoms with Crippen LogP contribution in [0.4, 0.5) is 5.69 Å². The van der Waals surface area contributed by atoms with Crippen LogP contribution in [0.25, 0.3) is 5.69 Å². The molecule has 27 heavy (non-hydrogen) atoms. The highest BCUT2D eigenvalue weighted by Gasteiger charge is 2.20. The molecule has 0 aliphatic carbocycles. The van der Waals surface area contributed by atoms with Crippen LogP contribution < -0.4 is 10.6 Å². The zero-order valence-electron chi connectivity index (χ0n) is 15.1. The van der Waals surface area contributed by atoms with Crippen molar-refractivity contribution in [3.05, 3.63) is 69.6 Å². The van der Waals surface area contributed by atoms with Gasteiger partial charge in [0, 0.05) is 36.9 Å². The third-order valence-electron chi connectivity index (χ3n) is 4.86. The molecule has 2 heterocycles. The Balaban J connectivity index is 1.42. The molecule has 1 fully saturated rings. The summed E-state index contributed by atoms with van der Waals surface area (Å²) >= 11 is 6.15. The predicted octanol–water partition coefficient (Wildman–Crippen LogP) is 2.17. The second-order valence-electron chi connectivity index (χ2n) is 6.69. The van der Waals surface area contributed by atoms with E-state index in [1.807, 2.05) is 48.5 Å². The summed E-state index contributed by atoms with van der Waals surface area (Å²) in [7, 11) is 0. The summed E-state index contributed by atoms with van der Waals surface area (Å²) in [4.78, 5) is 17.1. The number of anilines is 1. The summed E-state index contributed by atoms with van der Waals surface area (Å²) in [6, 6.07) is 15.3. The Bertz CT molecular complexity index is 975. The highest BCUT2D eigenvalue weighted by molar-refractivity contribution is 6.30. The number of nitrogens with zero attached hydrogens (tertiary/aromatic N) is 6. The molecule has 2 aromatic carbocycles. The Kier molecular flexibility index (Phi) is 4.96. The van der Waals surface area contributed by atoms with E-state index in [2.05, 4.69) is 27.2 Å². The molecule has 0 amide bonds. The molecule has 7 nitrogen and oxygen atoms in total. The molecule has 1 saturated heterocycles. The van der Waals surface area contributed by atoms with Crippen LogP contribution >= 0.6 is 11.6 Å². The Hall–Kier alpha value is -2.64. The van der Waals surface area contributed by atoms with Crippen molar-refractivity contribution >= 4 is 17.3 Å². The summed E-state index contributed by atoms with van der Waals surface area (Å²) in [6.45, 7) is 5.98. The van der Waals surface area contributed by atoms with Gasteiger partial charge in [0.05, 0.1) is 5.69 Å². The molecular weight excluding hydrogens is 364 g/mol. The molecule has 1 aliphatic heterocycles. The number of aromatic nitrogens is 4. The van der Waals surface area contributed by atoms with Crippen molar-refractivity contribution < 1.29 is 0 Å². The molecule has 0 N–H and O–H groups in total. The lowest BCUT2D eigenvalue weighted by molar-refractivity contribution is 0.191. The van der Waals surface area contributed by atoms with E-state index in [0.29, 0.717) is 6.67 Å². The van der Waals surface area contributed by atoms with E-state index in [1.54, 1.807) is 0 Å². The first-order valence-corrected chi connectivity index (χ1v) is 9.31. The van der Waals surface area contributed by atoms with Gasteiger partial charge >= 0.3 is 5.69 Å². The number of para-hydroxylation sites is 1. The van der Waals surface area contributed by atoms with Crippen molar-refractivity contribution in [1.29, 1.82) is 0 Å². The van der Waals surface area contributed by atoms with Gasteiger partial charge in [-0.3, -0.25) is 4.90 Å². The van der Waals surface area contributed by atoms with E-state index >= 15 is 0 Å². The maximum absolute atomic E-state index is 12.6. The molecular formula is C19H21ClN6O. The fraction of sp³-hybridized carbons (Fsp3) is 0.316. The van der Waals surface area contributed by atoms with E-state index in [4.69, 9.17) is 11.6 Å². The Morgan fingerprint density at radius 1 is 1.00 bits per heavy atom. The highest BCUT2D eigenvalue weighted by atomic mass is 35.5. The highest BCUT2D eigenvalue weighted by Crippen LogP contribution is 2.25. The van der Waals surface area contributed by atoms with Gasteiger partial charge in [0.25, 0.3) is 0 Å². The molecule has 0 bridgehead atoms. The fourth-order valence-corrected chi connectivity index (χ4v) is 3.50. The van der Waals surface area contributed by atoms with Crippen LogP contribution in [0.5, 0.6) is 0 Å². The van der Waals surface area contributed by atoms with Gasteiger partial charge in [-0.15, -0.1) is 0 Å². The first kappa shape index (κ1) is 17.8. The molecule has 4 rings (SSSR count). The standard InChI is InChI=1S/C19H21ClN6O/c1-15-7-8-16(20)13-18(15)24-11-9-23(10-12-24)14-25-19(27)26(22-21-25)17-5-3-2-4-6-17/h2-8,13H,9-12,14H2,1H3. The quantitative estimate of drug-likeness (QED) is 0.690. The molecule has 0 spiro atoms. The normalized spacial score (nSPS) is 15.3. The summed E-state index contributed by atoms with van der Waals surface area (Å²) < 4.78 is 2.73. The smallest absolute Gasteiger partial charge is 0.369 e. The summed E-state index contributed by atoms with van der Waals surface area (Å²) in [6.07, 6.45) is 0. The SMILES string of the molecule is Cc1ccc(Cl)cc1N1CCN(Cn2nnn(-c3ccccc3)c2=O)CC1. The largest absolute Gasteiger partial charge is 0.369 e. The van der Waals surface area contributed by atoms with Crippen molar-refractivity contribution in [3.63, 3.8) is 0 Å². The lowest BCUT2D eigenvalue weighted by atomic mass is 10.1. The van der Waals surface area contributed by atoms with Crippen LogP contribution in [-0.4, -0.2) is 50.9 Å². The van der Waals surface area contributed by atoms with Crippen LogP contribution in [-0.2, 0) is 6.67 Å². The topological polar surface area (TPSA) is 59.2 Å². The molecule has 0 radical (unpaired) electrons. The van der Waals surface area contributed by atoms with E-state index in [0.717, 1.165) is 36.9 Å². The fourth-order valence-electron chi connectivity index (χ4n) is 3.34. The number of benzene rings is 2. The van der Waals surface area contributed by atoms with E-state index in [1.165, 1.54) is 20.6 Å². The average Bonchev–Trinajstić information content (AvgIpc) is 3.05. The van der Waals surface area contributed by atoms with Crippen molar-refractivity contribution in [2.45, 2.75) is 13.6 Å². The van der Waals surface area contributed by atoms with Crippen LogP contribution in [0.1, 0.15) is 5.56 Å². The monoisotopic (exact) mass is 384 g/mol. The maximum atomic E-state index is 12.6. The summed E-state index contributed by atoms with van der Waals surface area (Å²) in [5.41, 5.74) is 2.88.